The predicted octanol–water partition coefficient (Wildman–Crippen LogP) is 1.60. The Kier molecular flexibility index (Phi) is 5.37. The fourth-order valence-corrected chi connectivity index (χ4v) is 4.38. The van der Waals surface area contributed by atoms with Crippen LogP contribution in [0.5, 0.6) is 5.75 Å². The summed E-state index contributed by atoms with van der Waals surface area (Å²) in [5, 5.41) is 23.5. The second-order valence-electron chi connectivity index (χ2n) is 7.82. The molecular weight excluding hydrogens is 419 g/mol. The highest BCUT2D eigenvalue weighted by atomic mass is 35.5. The zero-order valence-electron chi connectivity index (χ0n) is 15.9. The summed E-state index contributed by atoms with van der Waals surface area (Å²) < 4.78 is 23.3. The van der Waals surface area contributed by atoms with E-state index >= 15 is 0 Å². The summed E-state index contributed by atoms with van der Waals surface area (Å²) in [6, 6.07) is 3.91. The first-order chi connectivity index (χ1) is 14.3. The maximum absolute atomic E-state index is 13.5. The molecule has 3 fully saturated rings. The van der Waals surface area contributed by atoms with E-state index in [0.717, 1.165) is 6.07 Å². The van der Waals surface area contributed by atoms with E-state index in [9.17, 15) is 19.1 Å². The molecule has 2 amide bonds. The molecule has 1 aromatic carbocycles. The van der Waals surface area contributed by atoms with Crippen LogP contribution in [0.2, 0.25) is 5.02 Å². The Morgan fingerprint density at radius 2 is 2.07 bits per heavy atom. The van der Waals surface area contributed by atoms with Crippen LogP contribution in [0, 0.1) is 5.82 Å². The molecule has 3 saturated carbocycles. The van der Waals surface area contributed by atoms with Gasteiger partial charge in [-0.2, -0.15) is 0 Å². The molecule has 1 heterocycles. The Morgan fingerprint density at radius 3 is 2.70 bits per heavy atom. The number of carbonyl (C=O) groups excluding carboxylic acids is 2. The van der Waals surface area contributed by atoms with Crippen molar-refractivity contribution in [3.05, 3.63) is 40.9 Å². The lowest BCUT2D eigenvalue weighted by molar-refractivity contribution is -0.132. The van der Waals surface area contributed by atoms with Crippen LogP contribution in [-0.2, 0) is 4.79 Å². The van der Waals surface area contributed by atoms with E-state index in [0.29, 0.717) is 32.1 Å². The number of halogens is 2. The summed E-state index contributed by atoms with van der Waals surface area (Å²) in [5.74, 6) is -1.29. The molecule has 2 aromatic rings. The van der Waals surface area contributed by atoms with E-state index in [1.54, 1.807) is 0 Å². The predicted molar refractivity (Wildman–Crippen MR) is 101 cm³/mol. The van der Waals surface area contributed by atoms with Crippen LogP contribution in [-0.4, -0.2) is 51.0 Å². The number of benzene rings is 1. The topological polar surface area (TPSA) is 127 Å². The average Bonchev–Trinajstić information content (AvgIpc) is 3.25. The van der Waals surface area contributed by atoms with E-state index in [1.807, 2.05) is 0 Å². The number of rotatable bonds is 6. The van der Waals surface area contributed by atoms with Crippen molar-refractivity contribution < 1.29 is 28.5 Å². The van der Waals surface area contributed by atoms with E-state index in [-0.39, 0.29) is 23.1 Å². The number of carbonyl (C=O) groups is 2. The van der Waals surface area contributed by atoms with Crippen molar-refractivity contribution in [2.45, 2.75) is 49.3 Å². The van der Waals surface area contributed by atoms with Crippen molar-refractivity contribution >= 4 is 23.4 Å². The smallest absolute Gasteiger partial charge is 0.275 e. The maximum Gasteiger partial charge on any atom is 0.275 e. The van der Waals surface area contributed by atoms with Gasteiger partial charge in [-0.05, 0) is 49.4 Å². The van der Waals surface area contributed by atoms with Crippen LogP contribution in [0.4, 0.5) is 4.39 Å². The van der Waals surface area contributed by atoms with Gasteiger partial charge in [0.05, 0.1) is 16.7 Å². The molecule has 3 aliphatic carbocycles. The van der Waals surface area contributed by atoms with Gasteiger partial charge in [0.2, 0.25) is 0 Å². The molecule has 30 heavy (non-hydrogen) atoms. The lowest BCUT2D eigenvalue weighted by atomic mass is 9.60. The number of aliphatic hydroxyl groups excluding tert-OH is 1. The van der Waals surface area contributed by atoms with Crippen LogP contribution in [0.3, 0.4) is 0 Å². The standard InChI is InChI=1S/C19H20ClFN4O5/c20-12-2-1-11(7-13(12)21)29-10-16(27)23-19-5-3-18(4-6-19,8-15(19)26)24-17(28)14-9-22-30-25-14/h1-2,7,9,15,26H,3-6,8,10H2,(H,23,27)(H,24,28). The largest absolute Gasteiger partial charge is 0.484 e. The second kappa shape index (κ2) is 7.84. The minimum Gasteiger partial charge on any atom is -0.484 e. The molecule has 0 spiro atoms. The van der Waals surface area contributed by atoms with Crippen molar-refractivity contribution in [1.29, 1.82) is 0 Å². The summed E-state index contributed by atoms with van der Waals surface area (Å²) >= 11 is 5.63. The number of fused-ring (bicyclic) bond motifs is 3. The Morgan fingerprint density at radius 1 is 1.30 bits per heavy atom. The van der Waals surface area contributed by atoms with Crippen LogP contribution >= 0.6 is 11.6 Å². The van der Waals surface area contributed by atoms with Gasteiger partial charge < -0.3 is 20.5 Å². The van der Waals surface area contributed by atoms with Crippen molar-refractivity contribution in [1.82, 2.24) is 20.9 Å². The number of amides is 2. The SMILES string of the molecule is O=C(COc1ccc(Cl)c(F)c1)NC12CCC(NC(=O)c3cnon3)(CC1)CC2O. The number of hydrogen-bond donors (Lipinski definition) is 3. The Labute approximate surface area is 175 Å². The van der Waals surface area contributed by atoms with Gasteiger partial charge in [0.1, 0.15) is 17.8 Å². The van der Waals surface area contributed by atoms with Gasteiger partial charge in [-0.3, -0.25) is 9.59 Å². The van der Waals surface area contributed by atoms with Crippen molar-refractivity contribution in [3.8, 4) is 5.75 Å². The minimum absolute atomic E-state index is 0.0337. The number of ether oxygens (including phenoxy) is 1. The van der Waals surface area contributed by atoms with Crippen molar-refractivity contribution in [2.24, 2.45) is 0 Å². The van der Waals surface area contributed by atoms with E-state index < -0.39 is 34.8 Å². The molecule has 5 rings (SSSR count). The fraction of sp³-hybridized carbons (Fsp3) is 0.474. The van der Waals surface area contributed by atoms with Crippen LogP contribution < -0.4 is 15.4 Å². The van der Waals surface area contributed by atoms with Crippen molar-refractivity contribution in [3.63, 3.8) is 0 Å². The number of nitrogens with zero attached hydrogens (tertiary/aromatic N) is 2. The summed E-state index contributed by atoms with van der Waals surface area (Å²) in [6.45, 7) is -0.323. The first kappa shape index (κ1) is 20.5. The number of aromatic nitrogens is 2. The fourth-order valence-electron chi connectivity index (χ4n) is 4.26. The lowest BCUT2D eigenvalue weighted by Gasteiger charge is -2.56. The molecule has 0 radical (unpaired) electrons. The Bertz CT molecular complexity index is 946. The van der Waals surface area contributed by atoms with Gasteiger partial charge in [0.25, 0.3) is 11.8 Å². The van der Waals surface area contributed by atoms with Gasteiger partial charge in [0, 0.05) is 11.6 Å². The maximum atomic E-state index is 13.5. The van der Waals surface area contributed by atoms with Crippen LogP contribution in [0.25, 0.3) is 0 Å². The molecule has 1 unspecified atom stereocenters. The van der Waals surface area contributed by atoms with Gasteiger partial charge in [0.15, 0.2) is 12.3 Å². The molecule has 2 bridgehead atoms. The monoisotopic (exact) mass is 438 g/mol. The van der Waals surface area contributed by atoms with E-state index in [4.69, 9.17) is 16.3 Å². The lowest BCUT2D eigenvalue weighted by Crippen LogP contribution is -2.70. The number of hydrogen-bond acceptors (Lipinski definition) is 7. The van der Waals surface area contributed by atoms with Gasteiger partial charge >= 0.3 is 0 Å². The zero-order chi connectivity index (χ0) is 21.4. The highest BCUT2D eigenvalue weighted by Gasteiger charge is 2.55. The normalized spacial score (nSPS) is 27.5. The molecule has 0 saturated heterocycles. The summed E-state index contributed by atoms with van der Waals surface area (Å²) in [4.78, 5) is 24.7. The first-order valence-electron chi connectivity index (χ1n) is 9.48. The van der Waals surface area contributed by atoms with Crippen LogP contribution in [0.1, 0.15) is 42.6 Å². The number of nitrogens with one attached hydrogen (secondary N) is 2. The van der Waals surface area contributed by atoms with Gasteiger partial charge in [-0.15, -0.1) is 0 Å². The Hall–Kier alpha value is -2.72. The van der Waals surface area contributed by atoms with Gasteiger partial charge in [-0.25, -0.2) is 9.02 Å². The Balaban J connectivity index is 1.34. The zero-order valence-corrected chi connectivity index (χ0v) is 16.6. The average molecular weight is 439 g/mol. The van der Waals surface area contributed by atoms with Gasteiger partial charge in [-0.1, -0.05) is 16.8 Å². The third-order valence-electron chi connectivity index (χ3n) is 5.94. The molecule has 1 aromatic heterocycles. The molecule has 3 aliphatic rings. The molecule has 11 heteroatoms. The molecule has 9 nitrogen and oxygen atoms in total. The third kappa shape index (κ3) is 3.97. The third-order valence-corrected chi connectivity index (χ3v) is 6.25. The van der Waals surface area contributed by atoms with E-state index in [2.05, 4.69) is 25.6 Å². The molecule has 160 valence electrons. The summed E-state index contributed by atoms with van der Waals surface area (Å²) in [7, 11) is 0. The molecule has 1 atom stereocenters. The second-order valence-corrected chi connectivity index (χ2v) is 8.22. The highest BCUT2D eigenvalue weighted by molar-refractivity contribution is 6.30. The highest BCUT2D eigenvalue weighted by Crippen LogP contribution is 2.47. The summed E-state index contributed by atoms with van der Waals surface area (Å²) in [5.41, 5.74) is -1.28. The van der Waals surface area contributed by atoms with Crippen molar-refractivity contribution in [2.75, 3.05) is 6.61 Å². The quantitative estimate of drug-likeness (QED) is 0.625. The molecule has 3 N–H and O–H groups in total. The first-order valence-corrected chi connectivity index (χ1v) is 9.86. The molecular formula is C19H20ClFN4O5. The minimum atomic E-state index is -0.840. The summed E-state index contributed by atoms with van der Waals surface area (Å²) in [6.07, 6.45) is 2.85. The van der Waals surface area contributed by atoms with E-state index in [1.165, 1.54) is 18.3 Å². The molecule has 0 aliphatic heterocycles. The van der Waals surface area contributed by atoms with Crippen LogP contribution in [0.15, 0.2) is 29.0 Å². The number of aliphatic hydroxyl groups is 1.